The van der Waals surface area contributed by atoms with Gasteiger partial charge in [0.2, 0.25) is 11.7 Å². The number of benzene rings is 2. The van der Waals surface area contributed by atoms with Gasteiger partial charge in [0.25, 0.3) is 0 Å². The monoisotopic (exact) mass is 337 g/mol. The number of nitrogens with zero attached hydrogens (tertiary/aromatic N) is 1. The minimum absolute atomic E-state index is 0.0944. The van der Waals surface area contributed by atoms with Gasteiger partial charge in [0.15, 0.2) is 6.61 Å². The number of carbonyl (C=O) groups excluding carboxylic acids is 2. The van der Waals surface area contributed by atoms with Crippen molar-refractivity contribution in [1.82, 2.24) is 10.7 Å². The molecule has 0 radical (unpaired) electrons. The number of nitrogens with one attached hydrogen (secondary N) is 2. The number of hydrazone groups is 1. The maximum Gasteiger partial charge on any atom is 0.244 e. The minimum Gasteiger partial charge on any atom is -0.485 e. The molecule has 1 aliphatic rings. The Morgan fingerprint density at radius 1 is 1.08 bits per heavy atom. The van der Waals surface area contributed by atoms with Crippen molar-refractivity contribution < 1.29 is 14.3 Å². The van der Waals surface area contributed by atoms with E-state index in [1.807, 2.05) is 48.5 Å². The number of amides is 1. The van der Waals surface area contributed by atoms with Gasteiger partial charge in [-0.05, 0) is 17.7 Å². The van der Waals surface area contributed by atoms with E-state index in [-0.39, 0.29) is 24.7 Å². The zero-order chi connectivity index (χ0) is 17.5. The number of ketones is 1. The molecular weight excluding hydrogens is 318 g/mol. The Hall–Kier alpha value is -3.15. The number of hydrogen-bond donors (Lipinski definition) is 2. The summed E-state index contributed by atoms with van der Waals surface area (Å²) in [5.41, 5.74) is 4.07. The maximum atomic E-state index is 12.2. The third-order valence-corrected chi connectivity index (χ3v) is 3.81. The number of Topliss-reactive ketones (excluding diaryl/α,β-unsaturated/α-hetero) is 1. The molecule has 2 aromatic rings. The average Bonchev–Trinajstić information content (AvgIpc) is 3.16. The molecule has 128 valence electrons. The van der Waals surface area contributed by atoms with E-state index in [1.165, 1.54) is 0 Å². The van der Waals surface area contributed by atoms with Crippen LogP contribution in [0, 0.1) is 0 Å². The van der Waals surface area contributed by atoms with Gasteiger partial charge in [0, 0.05) is 13.0 Å². The SMILES string of the molecule is O=C(COc1ccccc1)C1=NNC(C(=O)NCc2ccccc2)C1. The summed E-state index contributed by atoms with van der Waals surface area (Å²) in [6, 6.07) is 18.2. The normalized spacial score (nSPS) is 15.8. The van der Waals surface area contributed by atoms with Gasteiger partial charge in [-0.1, -0.05) is 48.5 Å². The fraction of sp³-hybridized carbons (Fsp3) is 0.211. The molecule has 0 bridgehead atoms. The summed E-state index contributed by atoms with van der Waals surface area (Å²) in [4.78, 5) is 24.3. The third kappa shape index (κ3) is 4.67. The summed E-state index contributed by atoms with van der Waals surface area (Å²) in [5.74, 6) is 0.216. The zero-order valence-corrected chi connectivity index (χ0v) is 13.6. The Kier molecular flexibility index (Phi) is 5.41. The lowest BCUT2D eigenvalue weighted by Crippen LogP contribution is -2.40. The van der Waals surface area contributed by atoms with Gasteiger partial charge in [-0.2, -0.15) is 5.10 Å². The Labute approximate surface area is 145 Å². The molecule has 1 atom stereocenters. The van der Waals surface area contributed by atoms with E-state index in [0.29, 0.717) is 18.0 Å². The van der Waals surface area contributed by atoms with Gasteiger partial charge >= 0.3 is 0 Å². The van der Waals surface area contributed by atoms with Crippen LogP contribution in [0.25, 0.3) is 0 Å². The molecule has 3 rings (SSSR count). The molecule has 2 aromatic carbocycles. The first-order chi connectivity index (χ1) is 12.2. The predicted octanol–water partition coefficient (Wildman–Crippen LogP) is 1.67. The van der Waals surface area contributed by atoms with E-state index in [9.17, 15) is 9.59 Å². The minimum atomic E-state index is -0.528. The standard InChI is InChI=1S/C19H19N3O3/c23-18(13-25-15-9-5-2-6-10-15)16-11-17(22-21-16)19(24)20-12-14-7-3-1-4-8-14/h1-10,17,22H,11-13H2,(H,20,24). The molecule has 0 saturated carbocycles. The molecule has 1 unspecified atom stereocenters. The Bertz CT molecular complexity index is 760. The van der Waals surface area contributed by atoms with E-state index in [2.05, 4.69) is 15.8 Å². The molecule has 1 aliphatic heterocycles. The zero-order valence-electron chi connectivity index (χ0n) is 13.6. The molecule has 25 heavy (non-hydrogen) atoms. The average molecular weight is 337 g/mol. The second-order valence-corrected chi connectivity index (χ2v) is 5.67. The summed E-state index contributed by atoms with van der Waals surface area (Å²) in [6.07, 6.45) is 0.262. The van der Waals surface area contributed by atoms with E-state index in [0.717, 1.165) is 5.56 Å². The van der Waals surface area contributed by atoms with Crippen LogP contribution in [0.3, 0.4) is 0 Å². The molecular formula is C19H19N3O3. The summed E-state index contributed by atoms with van der Waals surface area (Å²) in [5, 5.41) is 6.82. The van der Waals surface area contributed by atoms with Gasteiger partial charge in [-0.3, -0.25) is 15.0 Å². The molecule has 6 nitrogen and oxygen atoms in total. The van der Waals surface area contributed by atoms with Crippen LogP contribution in [0.5, 0.6) is 5.75 Å². The van der Waals surface area contributed by atoms with Crippen molar-refractivity contribution >= 4 is 17.4 Å². The van der Waals surface area contributed by atoms with Crippen LogP contribution in [0.15, 0.2) is 65.8 Å². The highest BCUT2D eigenvalue weighted by atomic mass is 16.5. The quantitative estimate of drug-likeness (QED) is 0.805. The summed E-state index contributed by atoms with van der Waals surface area (Å²) < 4.78 is 5.42. The summed E-state index contributed by atoms with van der Waals surface area (Å²) in [6.45, 7) is 0.348. The molecule has 0 spiro atoms. The highest BCUT2D eigenvalue weighted by Gasteiger charge is 2.28. The van der Waals surface area contributed by atoms with Gasteiger partial charge < -0.3 is 10.1 Å². The van der Waals surface area contributed by atoms with Crippen molar-refractivity contribution in [1.29, 1.82) is 0 Å². The van der Waals surface area contributed by atoms with Crippen molar-refractivity contribution in [2.45, 2.75) is 19.0 Å². The largest absolute Gasteiger partial charge is 0.485 e. The molecule has 0 saturated heterocycles. The maximum absolute atomic E-state index is 12.2. The lowest BCUT2D eigenvalue weighted by molar-refractivity contribution is -0.122. The molecule has 0 aliphatic carbocycles. The lowest BCUT2D eigenvalue weighted by atomic mass is 10.1. The molecule has 1 amide bonds. The number of hydrogen-bond acceptors (Lipinski definition) is 5. The second kappa shape index (κ2) is 8.10. The van der Waals surface area contributed by atoms with Crippen molar-refractivity contribution in [2.75, 3.05) is 6.61 Å². The van der Waals surface area contributed by atoms with E-state index in [4.69, 9.17) is 4.74 Å². The van der Waals surface area contributed by atoms with Crippen LogP contribution in [0.1, 0.15) is 12.0 Å². The first kappa shape index (κ1) is 16.7. The van der Waals surface area contributed by atoms with Gasteiger partial charge in [0.05, 0.1) is 0 Å². The molecule has 0 aromatic heterocycles. The van der Waals surface area contributed by atoms with Gasteiger partial charge in [0.1, 0.15) is 17.5 Å². The second-order valence-electron chi connectivity index (χ2n) is 5.67. The highest BCUT2D eigenvalue weighted by Crippen LogP contribution is 2.10. The number of para-hydroxylation sites is 1. The van der Waals surface area contributed by atoms with Crippen molar-refractivity contribution in [3.63, 3.8) is 0 Å². The smallest absolute Gasteiger partial charge is 0.244 e. The van der Waals surface area contributed by atoms with Crippen molar-refractivity contribution in [3.05, 3.63) is 66.2 Å². The van der Waals surface area contributed by atoms with E-state index >= 15 is 0 Å². The number of ether oxygens (including phenoxy) is 1. The summed E-state index contributed by atoms with van der Waals surface area (Å²) in [7, 11) is 0. The van der Waals surface area contributed by atoms with E-state index in [1.54, 1.807) is 12.1 Å². The van der Waals surface area contributed by atoms with Crippen molar-refractivity contribution in [3.8, 4) is 5.75 Å². The third-order valence-electron chi connectivity index (χ3n) is 3.81. The van der Waals surface area contributed by atoms with Crippen LogP contribution in [-0.2, 0) is 16.1 Å². The topological polar surface area (TPSA) is 79.8 Å². The van der Waals surface area contributed by atoms with Crippen LogP contribution in [0.4, 0.5) is 0 Å². The van der Waals surface area contributed by atoms with E-state index < -0.39 is 6.04 Å². The molecule has 0 fully saturated rings. The van der Waals surface area contributed by atoms with Gasteiger partial charge in [-0.25, -0.2) is 0 Å². The number of carbonyl (C=O) groups is 2. The van der Waals surface area contributed by atoms with Crippen LogP contribution in [0.2, 0.25) is 0 Å². The Balaban J connectivity index is 1.44. The first-order valence-corrected chi connectivity index (χ1v) is 8.07. The predicted molar refractivity (Wildman–Crippen MR) is 94.2 cm³/mol. The van der Waals surface area contributed by atoms with Crippen LogP contribution >= 0.6 is 0 Å². The lowest BCUT2D eigenvalue weighted by Gasteiger charge is -2.10. The number of rotatable bonds is 7. The Morgan fingerprint density at radius 2 is 1.76 bits per heavy atom. The molecule has 6 heteroatoms. The van der Waals surface area contributed by atoms with Gasteiger partial charge in [-0.15, -0.1) is 0 Å². The summed E-state index contributed by atoms with van der Waals surface area (Å²) >= 11 is 0. The fourth-order valence-corrected chi connectivity index (χ4v) is 2.43. The van der Waals surface area contributed by atoms with Crippen molar-refractivity contribution in [2.24, 2.45) is 5.10 Å². The highest BCUT2D eigenvalue weighted by molar-refractivity contribution is 6.41. The van der Waals surface area contributed by atoms with Crippen LogP contribution in [-0.4, -0.2) is 30.1 Å². The van der Waals surface area contributed by atoms with Crippen LogP contribution < -0.4 is 15.5 Å². The fourth-order valence-electron chi connectivity index (χ4n) is 2.43. The first-order valence-electron chi connectivity index (χ1n) is 8.07. The molecule has 2 N–H and O–H groups in total. The molecule has 1 heterocycles. The Morgan fingerprint density at radius 3 is 2.48 bits per heavy atom.